The maximum absolute atomic E-state index is 13.4. The van der Waals surface area contributed by atoms with Gasteiger partial charge in [0.15, 0.2) is 0 Å². The van der Waals surface area contributed by atoms with E-state index in [0.29, 0.717) is 17.0 Å². The minimum Gasteiger partial charge on any atom is -0.322 e. The van der Waals surface area contributed by atoms with E-state index in [0.717, 1.165) is 0 Å². The highest BCUT2D eigenvalue weighted by Gasteiger charge is 2.15. The van der Waals surface area contributed by atoms with Crippen LogP contribution in [0.3, 0.4) is 0 Å². The van der Waals surface area contributed by atoms with Crippen molar-refractivity contribution in [3.05, 3.63) is 70.5 Å². The van der Waals surface area contributed by atoms with Crippen LogP contribution >= 0.6 is 0 Å². The van der Waals surface area contributed by atoms with Crippen molar-refractivity contribution in [2.45, 2.75) is 13.0 Å². The Morgan fingerprint density at radius 1 is 1.19 bits per heavy atom. The van der Waals surface area contributed by atoms with Crippen LogP contribution in [-0.2, 0) is 0 Å². The van der Waals surface area contributed by atoms with Crippen LogP contribution in [0.25, 0.3) is 16.6 Å². The molecule has 4 nitrogen and oxygen atoms in total. The van der Waals surface area contributed by atoms with E-state index in [9.17, 15) is 9.18 Å². The summed E-state index contributed by atoms with van der Waals surface area (Å²) in [5, 5.41) is 0.239. The molecule has 1 aromatic heterocycles. The Labute approximate surface area is 120 Å². The summed E-state index contributed by atoms with van der Waals surface area (Å²) >= 11 is 0. The monoisotopic (exact) mass is 283 g/mol. The molecule has 0 aliphatic heterocycles. The molecular weight excluding hydrogens is 269 g/mol. The molecule has 2 aromatic carbocycles. The first kappa shape index (κ1) is 13.5. The van der Waals surface area contributed by atoms with E-state index in [-0.39, 0.29) is 10.9 Å². The fourth-order valence-electron chi connectivity index (χ4n) is 2.31. The zero-order valence-corrected chi connectivity index (χ0v) is 11.5. The summed E-state index contributed by atoms with van der Waals surface area (Å²) in [6, 6.07) is 12.6. The molecule has 0 amide bonds. The molecule has 0 unspecified atom stereocenters. The maximum Gasteiger partial charge on any atom is 0.266 e. The van der Waals surface area contributed by atoms with Crippen molar-refractivity contribution in [3.8, 4) is 5.69 Å². The normalized spacial score (nSPS) is 12.5. The quantitative estimate of drug-likeness (QED) is 0.786. The zero-order chi connectivity index (χ0) is 15.0. The average Bonchev–Trinajstić information content (AvgIpc) is 2.48. The Balaban J connectivity index is 2.43. The molecule has 0 bridgehead atoms. The third-order valence-corrected chi connectivity index (χ3v) is 3.28. The van der Waals surface area contributed by atoms with Gasteiger partial charge in [0.05, 0.1) is 22.6 Å². The molecule has 3 rings (SSSR count). The lowest BCUT2D eigenvalue weighted by Crippen LogP contribution is -2.27. The van der Waals surface area contributed by atoms with Gasteiger partial charge in [0.25, 0.3) is 5.56 Å². The number of para-hydroxylation sites is 1. The lowest BCUT2D eigenvalue weighted by atomic mass is 10.2. The molecule has 0 aliphatic carbocycles. The highest BCUT2D eigenvalue weighted by Crippen LogP contribution is 2.17. The first-order chi connectivity index (χ1) is 10.1. The van der Waals surface area contributed by atoms with Gasteiger partial charge in [-0.25, -0.2) is 9.37 Å². The number of hydrogen-bond donors (Lipinski definition) is 1. The van der Waals surface area contributed by atoms with Gasteiger partial charge in [0.2, 0.25) is 0 Å². The molecule has 5 heteroatoms. The molecule has 21 heavy (non-hydrogen) atoms. The summed E-state index contributed by atoms with van der Waals surface area (Å²) in [7, 11) is 0. The Hall–Kier alpha value is -2.53. The minimum absolute atomic E-state index is 0.239. The van der Waals surface area contributed by atoms with Gasteiger partial charge in [0.1, 0.15) is 11.6 Å². The van der Waals surface area contributed by atoms with Crippen molar-refractivity contribution in [1.29, 1.82) is 0 Å². The van der Waals surface area contributed by atoms with Crippen LogP contribution in [0.4, 0.5) is 4.39 Å². The first-order valence-electron chi connectivity index (χ1n) is 6.61. The van der Waals surface area contributed by atoms with E-state index in [2.05, 4.69) is 4.98 Å². The van der Waals surface area contributed by atoms with Crippen LogP contribution in [0.15, 0.2) is 53.3 Å². The first-order valence-corrected chi connectivity index (χ1v) is 6.61. The van der Waals surface area contributed by atoms with Gasteiger partial charge in [-0.2, -0.15) is 0 Å². The summed E-state index contributed by atoms with van der Waals surface area (Å²) < 4.78 is 14.8. The fourth-order valence-corrected chi connectivity index (χ4v) is 2.31. The van der Waals surface area contributed by atoms with Gasteiger partial charge in [-0.15, -0.1) is 0 Å². The van der Waals surface area contributed by atoms with E-state index >= 15 is 0 Å². The van der Waals surface area contributed by atoms with Crippen molar-refractivity contribution in [1.82, 2.24) is 9.55 Å². The summed E-state index contributed by atoms with van der Waals surface area (Å²) in [4.78, 5) is 17.1. The summed E-state index contributed by atoms with van der Waals surface area (Å²) in [6.07, 6.45) is 0. The minimum atomic E-state index is -0.463. The van der Waals surface area contributed by atoms with Gasteiger partial charge in [-0.1, -0.05) is 18.2 Å². The van der Waals surface area contributed by atoms with Gasteiger partial charge >= 0.3 is 0 Å². The van der Waals surface area contributed by atoms with Crippen LogP contribution < -0.4 is 11.3 Å². The van der Waals surface area contributed by atoms with E-state index in [4.69, 9.17) is 5.73 Å². The van der Waals surface area contributed by atoms with Gasteiger partial charge in [0, 0.05) is 0 Å². The number of aromatic nitrogens is 2. The molecule has 3 aromatic rings. The molecule has 0 saturated heterocycles. The zero-order valence-electron chi connectivity index (χ0n) is 11.5. The predicted molar refractivity (Wildman–Crippen MR) is 79.9 cm³/mol. The third kappa shape index (κ3) is 2.32. The second kappa shape index (κ2) is 5.10. The van der Waals surface area contributed by atoms with Crippen molar-refractivity contribution in [3.63, 3.8) is 0 Å². The van der Waals surface area contributed by atoms with E-state index in [1.165, 1.54) is 22.8 Å². The molecule has 0 fully saturated rings. The topological polar surface area (TPSA) is 60.9 Å². The number of benzene rings is 2. The Kier molecular flexibility index (Phi) is 3.27. The number of fused-ring (bicyclic) bond motifs is 1. The van der Waals surface area contributed by atoms with E-state index in [1.54, 1.807) is 19.1 Å². The summed E-state index contributed by atoms with van der Waals surface area (Å²) in [6.45, 7) is 1.76. The molecule has 0 saturated carbocycles. The summed E-state index contributed by atoms with van der Waals surface area (Å²) in [5.74, 6) is -0.0140. The van der Waals surface area contributed by atoms with E-state index in [1.807, 2.05) is 18.2 Å². The highest BCUT2D eigenvalue weighted by atomic mass is 19.1. The standard InChI is InChI=1S/C16H14FN3O/c1-10(18)15-19-14-8-7-11(17)9-13(14)16(21)20(15)12-5-3-2-4-6-12/h2-10H,18H2,1H3/t10-/m0/s1. The average molecular weight is 283 g/mol. The number of nitrogens with two attached hydrogens (primary N) is 1. The Bertz CT molecular complexity index is 857. The van der Waals surface area contributed by atoms with E-state index < -0.39 is 11.9 Å². The Morgan fingerprint density at radius 2 is 1.90 bits per heavy atom. The smallest absolute Gasteiger partial charge is 0.266 e. The van der Waals surface area contributed by atoms with Crippen molar-refractivity contribution in [2.75, 3.05) is 0 Å². The van der Waals surface area contributed by atoms with Crippen LogP contribution in [0, 0.1) is 5.82 Å². The molecule has 0 radical (unpaired) electrons. The number of hydrogen-bond acceptors (Lipinski definition) is 3. The molecule has 1 atom stereocenters. The molecular formula is C16H14FN3O. The lowest BCUT2D eigenvalue weighted by Gasteiger charge is -2.15. The van der Waals surface area contributed by atoms with Gasteiger partial charge in [-0.3, -0.25) is 9.36 Å². The van der Waals surface area contributed by atoms with Crippen LogP contribution in [0.5, 0.6) is 0 Å². The number of halogens is 1. The molecule has 0 aliphatic rings. The van der Waals surface area contributed by atoms with Crippen molar-refractivity contribution >= 4 is 10.9 Å². The van der Waals surface area contributed by atoms with Crippen molar-refractivity contribution < 1.29 is 4.39 Å². The SMILES string of the molecule is C[C@H](N)c1nc2ccc(F)cc2c(=O)n1-c1ccccc1. The van der Waals surface area contributed by atoms with Gasteiger partial charge in [-0.05, 0) is 37.3 Å². The lowest BCUT2D eigenvalue weighted by molar-refractivity contribution is 0.628. The summed E-state index contributed by atoms with van der Waals surface area (Å²) in [5.41, 5.74) is 6.73. The maximum atomic E-state index is 13.4. The largest absolute Gasteiger partial charge is 0.322 e. The van der Waals surface area contributed by atoms with Crippen LogP contribution in [0.2, 0.25) is 0 Å². The Morgan fingerprint density at radius 3 is 2.57 bits per heavy atom. The molecule has 2 N–H and O–H groups in total. The number of nitrogens with zero attached hydrogens (tertiary/aromatic N) is 2. The second-order valence-electron chi connectivity index (χ2n) is 4.90. The predicted octanol–water partition coefficient (Wildman–Crippen LogP) is 2.54. The molecule has 0 spiro atoms. The molecule has 1 heterocycles. The fraction of sp³-hybridized carbons (Fsp3) is 0.125. The highest BCUT2D eigenvalue weighted by molar-refractivity contribution is 5.78. The van der Waals surface area contributed by atoms with Crippen LogP contribution in [0.1, 0.15) is 18.8 Å². The molecule has 106 valence electrons. The number of rotatable bonds is 2. The third-order valence-electron chi connectivity index (χ3n) is 3.28. The second-order valence-corrected chi connectivity index (χ2v) is 4.90. The van der Waals surface area contributed by atoms with Crippen LogP contribution in [-0.4, -0.2) is 9.55 Å². The van der Waals surface area contributed by atoms with Crippen molar-refractivity contribution in [2.24, 2.45) is 5.73 Å². The van der Waals surface area contributed by atoms with Gasteiger partial charge < -0.3 is 5.73 Å².